The molecular weight excluding hydrogens is 330 g/mol. The first-order valence-corrected chi connectivity index (χ1v) is 9.37. The molecule has 1 aromatic rings. The maximum Gasteiger partial charge on any atom is 0.193 e. The Labute approximate surface area is 158 Å². The lowest BCUT2D eigenvalue weighted by Crippen LogP contribution is -2.41. The highest BCUT2D eigenvalue weighted by molar-refractivity contribution is 5.79. The van der Waals surface area contributed by atoms with E-state index in [9.17, 15) is 5.11 Å². The van der Waals surface area contributed by atoms with E-state index in [-0.39, 0.29) is 0 Å². The number of para-hydroxylation sites is 1. The largest absolute Gasteiger partial charge is 0.491 e. The van der Waals surface area contributed by atoms with Crippen molar-refractivity contribution >= 4 is 5.96 Å². The van der Waals surface area contributed by atoms with Gasteiger partial charge in [-0.2, -0.15) is 0 Å². The van der Waals surface area contributed by atoms with Crippen molar-refractivity contribution in [2.24, 2.45) is 10.9 Å². The summed E-state index contributed by atoms with van der Waals surface area (Å²) in [5.74, 6) is 2.12. The van der Waals surface area contributed by atoms with Gasteiger partial charge in [-0.3, -0.25) is 4.99 Å². The lowest BCUT2D eigenvalue weighted by molar-refractivity contribution is 0.0300. The van der Waals surface area contributed by atoms with E-state index in [1.165, 1.54) is 0 Å². The van der Waals surface area contributed by atoms with Crippen molar-refractivity contribution < 1.29 is 14.6 Å². The quantitative estimate of drug-likeness (QED) is 0.465. The molecule has 0 radical (unpaired) electrons. The second-order valence-corrected chi connectivity index (χ2v) is 6.82. The minimum atomic E-state index is -0.598. The number of aliphatic hydroxyl groups excluding tert-OH is 1. The van der Waals surface area contributed by atoms with Gasteiger partial charge < -0.3 is 24.8 Å². The van der Waals surface area contributed by atoms with Crippen molar-refractivity contribution in [3.8, 4) is 5.75 Å². The van der Waals surface area contributed by atoms with Crippen LogP contribution in [0.25, 0.3) is 0 Å². The number of aryl methyl sites for hydroxylation is 1. The maximum absolute atomic E-state index is 10.0. The molecule has 6 nitrogen and oxygen atoms in total. The molecule has 1 unspecified atom stereocenters. The highest BCUT2D eigenvalue weighted by atomic mass is 16.5. The third-order valence-corrected chi connectivity index (χ3v) is 3.69. The molecule has 0 aliphatic carbocycles. The molecule has 1 aromatic carbocycles. The highest BCUT2D eigenvalue weighted by Gasteiger charge is 2.09. The summed E-state index contributed by atoms with van der Waals surface area (Å²) in [5.41, 5.74) is 1.13. The maximum atomic E-state index is 10.0. The second kappa shape index (κ2) is 12.5. The van der Waals surface area contributed by atoms with Crippen LogP contribution in [0.4, 0.5) is 0 Å². The van der Waals surface area contributed by atoms with Crippen molar-refractivity contribution in [1.29, 1.82) is 0 Å². The number of benzene rings is 1. The van der Waals surface area contributed by atoms with Crippen molar-refractivity contribution in [3.05, 3.63) is 29.8 Å². The van der Waals surface area contributed by atoms with Crippen LogP contribution in [0.1, 0.15) is 26.3 Å². The van der Waals surface area contributed by atoms with Gasteiger partial charge in [0.15, 0.2) is 5.96 Å². The number of likely N-dealkylation sites (N-methyl/N-ethyl adjacent to an activating group) is 1. The van der Waals surface area contributed by atoms with Gasteiger partial charge in [-0.25, -0.2) is 0 Å². The number of rotatable bonds is 11. The Balaban J connectivity index is 2.44. The van der Waals surface area contributed by atoms with Crippen LogP contribution in [0, 0.1) is 12.8 Å². The molecule has 0 spiro atoms. The monoisotopic (exact) mass is 365 g/mol. The van der Waals surface area contributed by atoms with Gasteiger partial charge in [0.1, 0.15) is 12.4 Å². The summed E-state index contributed by atoms with van der Waals surface area (Å²) >= 11 is 0. The zero-order chi connectivity index (χ0) is 19.4. The molecule has 148 valence electrons. The van der Waals surface area contributed by atoms with Gasteiger partial charge in [0.2, 0.25) is 0 Å². The Morgan fingerprint density at radius 1 is 1.27 bits per heavy atom. The molecule has 0 fully saturated rings. The number of hydrogen-bond donors (Lipinski definition) is 2. The number of aliphatic hydroxyl groups is 1. The van der Waals surface area contributed by atoms with Gasteiger partial charge in [-0.05, 0) is 31.4 Å². The summed E-state index contributed by atoms with van der Waals surface area (Å²) in [6, 6.07) is 7.98. The third-order valence-electron chi connectivity index (χ3n) is 3.69. The van der Waals surface area contributed by atoms with E-state index in [0.29, 0.717) is 38.8 Å². The van der Waals surface area contributed by atoms with Crippen LogP contribution in [0.2, 0.25) is 0 Å². The number of aliphatic imine (C=N–C) groups is 1. The molecule has 0 saturated carbocycles. The van der Waals surface area contributed by atoms with Crippen LogP contribution >= 0.6 is 0 Å². The standard InChI is InChI=1S/C20H35N3O3/c1-6-21-20(22-13-18(24)15-25-14-16(2)3)23(5)11-12-26-19-10-8-7-9-17(19)4/h7-10,16,18,24H,6,11-15H2,1-5H3,(H,21,22). The van der Waals surface area contributed by atoms with Crippen molar-refractivity contribution in [3.63, 3.8) is 0 Å². The molecule has 0 aliphatic rings. The predicted octanol–water partition coefficient (Wildman–Crippen LogP) is 2.30. The third kappa shape index (κ3) is 9.06. The van der Waals surface area contributed by atoms with Crippen LogP contribution < -0.4 is 10.1 Å². The lowest BCUT2D eigenvalue weighted by atomic mass is 10.2. The van der Waals surface area contributed by atoms with E-state index in [0.717, 1.165) is 23.8 Å². The first-order chi connectivity index (χ1) is 12.4. The predicted molar refractivity (Wildman–Crippen MR) is 107 cm³/mol. The van der Waals surface area contributed by atoms with Crippen LogP contribution in [0.5, 0.6) is 5.75 Å². The first-order valence-electron chi connectivity index (χ1n) is 9.37. The Morgan fingerprint density at radius 3 is 2.65 bits per heavy atom. The van der Waals surface area contributed by atoms with Crippen LogP contribution in [-0.4, -0.2) is 68.6 Å². The zero-order valence-corrected chi connectivity index (χ0v) is 16.9. The Hall–Kier alpha value is -1.79. The van der Waals surface area contributed by atoms with E-state index in [2.05, 4.69) is 24.2 Å². The van der Waals surface area contributed by atoms with E-state index < -0.39 is 6.10 Å². The normalized spacial score (nSPS) is 13.0. The van der Waals surface area contributed by atoms with E-state index >= 15 is 0 Å². The molecule has 1 atom stereocenters. The van der Waals surface area contributed by atoms with E-state index in [1.807, 2.05) is 50.1 Å². The molecule has 0 aromatic heterocycles. The molecule has 26 heavy (non-hydrogen) atoms. The molecule has 1 rings (SSSR count). The number of ether oxygens (including phenoxy) is 2. The van der Waals surface area contributed by atoms with Crippen LogP contribution in [0.3, 0.4) is 0 Å². The van der Waals surface area contributed by atoms with Gasteiger partial charge >= 0.3 is 0 Å². The SMILES string of the molecule is CCNC(=NCC(O)COCC(C)C)N(C)CCOc1ccccc1C. The number of nitrogens with one attached hydrogen (secondary N) is 1. The molecule has 6 heteroatoms. The fourth-order valence-corrected chi connectivity index (χ4v) is 2.27. The molecule has 0 heterocycles. The van der Waals surface area contributed by atoms with Crippen molar-refractivity contribution in [1.82, 2.24) is 10.2 Å². The molecule has 0 aliphatic heterocycles. The summed E-state index contributed by atoms with van der Waals surface area (Å²) in [6.07, 6.45) is -0.598. The van der Waals surface area contributed by atoms with Crippen LogP contribution in [-0.2, 0) is 4.74 Å². The summed E-state index contributed by atoms with van der Waals surface area (Å²) < 4.78 is 11.3. The highest BCUT2D eigenvalue weighted by Crippen LogP contribution is 2.15. The van der Waals surface area contributed by atoms with Gasteiger partial charge in [-0.15, -0.1) is 0 Å². The topological polar surface area (TPSA) is 66.3 Å². The summed E-state index contributed by atoms with van der Waals surface area (Å²) in [5, 5.41) is 13.3. The Morgan fingerprint density at radius 2 is 2.00 bits per heavy atom. The fraction of sp³-hybridized carbons (Fsp3) is 0.650. The fourth-order valence-electron chi connectivity index (χ4n) is 2.27. The Bertz CT molecular complexity index is 535. The second-order valence-electron chi connectivity index (χ2n) is 6.82. The smallest absolute Gasteiger partial charge is 0.193 e. The average Bonchev–Trinajstić information content (AvgIpc) is 2.59. The van der Waals surface area contributed by atoms with Crippen LogP contribution in [0.15, 0.2) is 29.3 Å². The molecule has 2 N–H and O–H groups in total. The Kier molecular flexibility index (Phi) is 10.7. The van der Waals surface area contributed by atoms with Gasteiger partial charge in [0.25, 0.3) is 0 Å². The summed E-state index contributed by atoms with van der Waals surface area (Å²) in [4.78, 5) is 6.50. The average molecular weight is 366 g/mol. The molecular formula is C20H35N3O3. The van der Waals surface area contributed by atoms with Crippen molar-refractivity contribution in [2.75, 3.05) is 46.5 Å². The first kappa shape index (κ1) is 22.3. The van der Waals surface area contributed by atoms with E-state index in [1.54, 1.807) is 0 Å². The van der Waals surface area contributed by atoms with Gasteiger partial charge in [0, 0.05) is 20.2 Å². The lowest BCUT2D eigenvalue weighted by Gasteiger charge is -2.23. The minimum absolute atomic E-state index is 0.307. The summed E-state index contributed by atoms with van der Waals surface area (Å²) in [7, 11) is 1.96. The molecule has 0 saturated heterocycles. The number of guanidine groups is 1. The summed E-state index contributed by atoms with van der Waals surface area (Å²) in [6.45, 7) is 11.5. The van der Waals surface area contributed by atoms with Gasteiger partial charge in [0.05, 0.1) is 25.8 Å². The van der Waals surface area contributed by atoms with E-state index in [4.69, 9.17) is 9.47 Å². The zero-order valence-electron chi connectivity index (χ0n) is 16.9. The molecule has 0 bridgehead atoms. The number of nitrogens with zero attached hydrogens (tertiary/aromatic N) is 2. The van der Waals surface area contributed by atoms with Crippen molar-refractivity contribution in [2.45, 2.75) is 33.8 Å². The minimum Gasteiger partial charge on any atom is -0.491 e. The number of hydrogen-bond acceptors (Lipinski definition) is 4. The molecule has 0 amide bonds. The van der Waals surface area contributed by atoms with Gasteiger partial charge in [-0.1, -0.05) is 32.0 Å².